The summed E-state index contributed by atoms with van der Waals surface area (Å²) in [5.74, 6) is 1.59. The Bertz CT molecular complexity index is 966. The second-order valence-electron chi connectivity index (χ2n) is 6.37. The van der Waals surface area contributed by atoms with Gasteiger partial charge in [-0.15, -0.1) is 10.2 Å². The Balaban J connectivity index is 1.48. The summed E-state index contributed by atoms with van der Waals surface area (Å²) in [5, 5.41) is 12.4. The van der Waals surface area contributed by atoms with Crippen LogP contribution in [0.2, 0.25) is 0 Å². The van der Waals surface area contributed by atoms with Crippen LogP contribution in [0.15, 0.2) is 42.5 Å². The first-order valence-electron chi connectivity index (χ1n) is 8.58. The molecule has 1 aliphatic heterocycles. The molecular formula is C19H19N5O3. The molecule has 0 amide bonds. The van der Waals surface area contributed by atoms with E-state index in [4.69, 9.17) is 9.47 Å². The zero-order chi connectivity index (χ0) is 18.8. The quantitative estimate of drug-likeness (QED) is 0.640. The number of fused-ring (bicyclic) bond motifs is 1. The summed E-state index contributed by atoms with van der Waals surface area (Å²) in [6.45, 7) is 0.995. The average molecular weight is 365 g/mol. The second-order valence-corrected chi connectivity index (χ2v) is 6.37. The Hall–Kier alpha value is -3.42. The highest BCUT2D eigenvalue weighted by atomic mass is 16.6. The van der Waals surface area contributed by atoms with Crippen molar-refractivity contribution in [2.75, 3.05) is 32.2 Å². The van der Waals surface area contributed by atoms with E-state index in [1.54, 1.807) is 18.2 Å². The van der Waals surface area contributed by atoms with Crippen LogP contribution in [0.4, 0.5) is 5.69 Å². The predicted molar refractivity (Wildman–Crippen MR) is 99.3 cm³/mol. The van der Waals surface area contributed by atoms with Gasteiger partial charge < -0.3 is 14.4 Å². The molecule has 0 saturated heterocycles. The van der Waals surface area contributed by atoms with Crippen molar-refractivity contribution in [3.05, 3.63) is 48.0 Å². The second kappa shape index (κ2) is 7.06. The Kier molecular flexibility index (Phi) is 4.45. The molecule has 0 aliphatic carbocycles. The molecule has 0 N–H and O–H groups in total. The Morgan fingerprint density at radius 3 is 2.56 bits per heavy atom. The van der Waals surface area contributed by atoms with Crippen LogP contribution in [0.1, 0.15) is 10.4 Å². The van der Waals surface area contributed by atoms with Crippen molar-refractivity contribution < 1.29 is 14.3 Å². The molecule has 0 saturated carbocycles. The van der Waals surface area contributed by atoms with E-state index in [1.165, 1.54) is 4.80 Å². The van der Waals surface area contributed by atoms with Crippen molar-refractivity contribution in [2.24, 2.45) is 0 Å². The van der Waals surface area contributed by atoms with Crippen LogP contribution in [0.3, 0.4) is 0 Å². The Morgan fingerprint density at radius 2 is 1.81 bits per heavy atom. The smallest absolute Gasteiger partial charge is 0.204 e. The maximum atomic E-state index is 12.5. The highest BCUT2D eigenvalue weighted by Crippen LogP contribution is 2.31. The molecule has 1 aromatic heterocycles. The number of hydrogen-bond acceptors (Lipinski definition) is 7. The van der Waals surface area contributed by atoms with E-state index in [0.717, 1.165) is 11.3 Å². The summed E-state index contributed by atoms with van der Waals surface area (Å²) in [5.41, 5.74) is 2.45. The summed E-state index contributed by atoms with van der Waals surface area (Å²) in [7, 11) is 3.96. The molecule has 8 nitrogen and oxygen atoms in total. The van der Waals surface area contributed by atoms with Gasteiger partial charge in [-0.25, -0.2) is 0 Å². The molecule has 2 heterocycles. The molecule has 8 heteroatoms. The van der Waals surface area contributed by atoms with Crippen LogP contribution < -0.4 is 14.4 Å². The van der Waals surface area contributed by atoms with Crippen LogP contribution >= 0.6 is 0 Å². The molecule has 0 bridgehead atoms. The van der Waals surface area contributed by atoms with Crippen molar-refractivity contribution in [1.82, 2.24) is 20.2 Å². The summed E-state index contributed by atoms with van der Waals surface area (Å²) < 4.78 is 11.0. The minimum Gasteiger partial charge on any atom is -0.486 e. The van der Waals surface area contributed by atoms with Crippen LogP contribution in [-0.2, 0) is 6.54 Å². The number of ether oxygens (including phenoxy) is 2. The summed E-state index contributed by atoms with van der Waals surface area (Å²) in [6, 6.07) is 13.0. The molecule has 0 atom stereocenters. The van der Waals surface area contributed by atoms with Crippen molar-refractivity contribution in [1.29, 1.82) is 0 Å². The van der Waals surface area contributed by atoms with Gasteiger partial charge in [0.2, 0.25) is 5.82 Å². The SMILES string of the molecule is CN(C)c1ccc(-c2nnn(CC(=O)c3ccc4c(c3)OCCO4)n2)cc1. The van der Waals surface area contributed by atoms with Crippen LogP contribution in [0.5, 0.6) is 11.5 Å². The van der Waals surface area contributed by atoms with Gasteiger partial charge in [-0.2, -0.15) is 4.80 Å². The maximum Gasteiger partial charge on any atom is 0.204 e. The number of anilines is 1. The van der Waals surface area contributed by atoms with E-state index in [1.807, 2.05) is 43.3 Å². The van der Waals surface area contributed by atoms with Gasteiger partial charge in [-0.1, -0.05) is 0 Å². The summed E-state index contributed by atoms with van der Waals surface area (Å²) in [4.78, 5) is 15.8. The third-order valence-electron chi connectivity index (χ3n) is 4.24. The van der Waals surface area contributed by atoms with Crippen molar-refractivity contribution in [3.8, 4) is 22.9 Å². The van der Waals surface area contributed by atoms with E-state index >= 15 is 0 Å². The number of carbonyl (C=O) groups excluding carboxylic acids is 1. The lowest BCUT2D eigenvalue weighted by Crippen LogP contribution is -2.17. The molecule has 4 rings (SSSR count). The lowest BCUT2D eigenvalue weighted by Gasteiger charge is -2.18. The minimum absolute atomic E-state index is 0.00241. The number of aromatic nitrogens is 4. The number of benzene rings is 2. The van der Waals surface area contributed by atoms with Gasteiger partial charge in [0.1, 0.15) is 19.8 Å². The third kappa shape index (κ3) is 3.59. The highest BCUT2D eigenvalue weighted by Gasteiger charge is 2.16. The topological polar surface area (TPSA) is 82.4 Å². The molecule has 0 fully saturated rings. The first-order chi connectivity index (χ1) is 13.1. The standard InChI is InChI=1S/C19H19N5O3/c1-23(2)15-6-3-13(4-7-15)19-20-22-24(21-19)12-16(25)14-5-8-17-18(11-14)27-10-9-26-17/h3-8,11H,9-10,12H2,1-2H3. The van der Waals surface area contributed by atoms with Gasteiger partial charge in [-0.3, -0.25) is 4.79 Å². The third-order valence-corrected chi connectivity index (χ3v) is 4.24. The molecule has 0 spiro atoms. The lowest BCUT2D eigenvalue weighted by atomic mass is 10.1. The number of carbonyl (C=O) groups is 1. The van der Waals surface area contributed by atoms with Crippen molar-refractivity contribution >= 4 is 11.5 Å². The van der Waals surface area contributed by atoms with E-state index in [9.17, 15) is 4.79 Å². The van der Waals surface area contributed by atoms with E-state index in [-0.39, 0.29) is 12.3 Å². The largest absolute Gasteiger partial charge is 0.486 e. The van der Waals surface area contributed by atoms with Crippen LogP contribution in [0.25, 0.3) is 11.4 Å². The fraction of sp³-hybridized carbons (Fsp3) is 0.263. The molecule has 0 radical (unpaired) electrons. The summed E-state index contributed by atoms with van der Waals surface area (Å²) in [6.07, 6.45) is 0. The minimum atomic E-state index is -0.126. The molecule has 138 valence electrons. The van der Waals surface area contributed by atoms with Gasteiger partial charge >= 0.3 is 0 Å². The molecule has 0 unspecified atom stereocenters. The molecule has 1 aliphatic rings. The van der Waals surface area contributed by atoms with Crippen LogP contribution in [0, 0.1) is 0 Å². The van der Waals surface area contributed by atoms with Gasteiger partial charge in [0, 0.05) is 30.9 Å². The Labute approximate surface area is 156 Å². The zero-order valence-electron chi connectivity index (χ0n) is 15.1. The monoisotopic (exact) mass is 365 g/mol. The zero-order valence-corrected chi connectivity index (χ0v) is 15.1. The van der Waals surface area contributed by atoms with Crippen LogP contribution in [-0.4, -0.2) is 53.3 Å². The predicted octanol–water partition coefficient (Wildman–Crippen LogP) is 2.06. The van der Waals surface area contributed by atoms with Gasteiger partial charge in [0.05, 0.1) is 0 Å². The number of ketones is 1. The fourth-order valence-electron chi connectivity index (χ4n) is 2.77. The number of Topliss-reactive ketones (excluding diaryl/α,β-unsaturated/α-hetero) is 1. The first kappa shape index (κ1) is 17.0. The lowest BCUT2D eigenvalue weighted by molar-refractivity contribution is 0.0960. The van der Waals surface area contributed by atoms with Gasteiger partial charge in [0.25, 0.3) is 0 Å². The van der Waals surface area contributed by atoms with E-state index in [2.05, 4.69) is 15.4 Å². The van der Waals surface area contributed by atoms with Crippen molar-refractivity contribution in [2.45, 2.75) is 6.54 Å². The molecular weight excluding hydrogens is 346 g/mol. The number of nitrogens with zero attached hydrogens (tertiary/aromatic N) is 5. The molecule has 27 heavy (non-hydrogen) atoms. The van der Waals surface area contributed by atoms with E-state index in [0.29, 0.717) is 36.1 Å². The molecule has 2 aromatic carbocycles. The Morgan fingerprint density at radius 1 is 1.07 bits per heavy atom. The van der Waals surface area contributed by atoms with Gasteiger partial charge in [-0.05, 0) is 47.7 Å². The van der Waals surface area contributed by atoms with E-state index < -0.39 is 0 Å². The fourth-order valence-corrected chi connectivity index (χ4v) is 2.77. The first-order valence-corrected chi connectivity index (χ1v) is 8.58. The molecule has 3 aromatic rings. The normalized spacial score (nSPS) is 12.7. The number of hydrogen-bond donors (Lipinski definition) is 0. The number of tetrazole rings is 1. The number of rotatable bonds is 5. The highest BCUT2D eigenvalue weighted by molar-refractivity contribution is 5.96. The maximum absolute atomic E-state index is 12.5. The summed E-state index contributed by atoms with van der Waals surface area (Å²) >= 11 is 0. The average Bonchev–Trinajstić information content (AvgIpc) is 3.16. The van der Waals surface area contributed by atoms with Gasteiger partial charge in [0.15, 0.2) is 17.3 Å². The van der Waals surface area contributed by atoms with Crippen molar-refractivity contribution in [3.63, 3.8) is 0 Å².